The zero-order valence-corrected chi connectivity index (χ0v) is 17.2. The molecular weight excluding hydrogens is 376 g/mol. The lowest BCUT2D eigenvalue weighted by Gasteiger charge is -2.21. The fourth-order valence-electron chi connectivity index (χ4n) is 4.91. The summed E-state index contributed by atoms with van der Waals surface area (Å²) in [6.07, 6.45) is 4.52. The molecule has 2 aromatic carbocycles. The highest BCUT2D eigenvalue weighted by Crippen LogP contribution is 2.46. The molecule has 4 rings (SSSR count). The predicted octanol–water partition coefficient (Wildman–Crippen LogP) is 3.64. The third-order valence-electron chi connectivity index (χ3n) is 6.51. The first kappa shape index (κ1) is 20.3. The van der Waals surface area contributed by atoms with Crippen LogP contribution < -0.4 is 5.32 Å². The van der Waals surface area contributed by atoms with Gasteiger partial charge in [0.25, 0.3) is 0 Å². The van der Waals surface area contributed by atoms with Crippen molar-refractivity contribution in [2.24, 2.45) is 5.41 Å². The first-order valence-electron chi connectivity index (χ1n) is 10.8. The van der Waals surface area contributed by atoms with Crippen LogP contribution in [0.1, 0.15) is 55.6 Å². The van der Waals surface area contributed by atoms with Gasteiger partial charge in [0.05, 0.1) is 5.41 Å². The summed E-state index contributed by atoms with van der Waals surface area (Å²) in [7, 11) is 0. The van der Waals surface area contributed by atoms with E-state index in [2.05, 4.69) is 29.6 Å². The largest absolute Gasteiger partial charge is 0.355 e. The molecule has 1 saturated heterocycles. The van der Waals surface area contributed by atoms with Crippen molar-refractivity contribution in [1.29, 1.82) is 0 Å². The standard InChI is InChI=1S/C25H28N2O3/c28-22(18-27-23(29)17-25(24(27)30)14-7-8-15-25)26-16-13-21(19-9-3-1-4-10-19)20-11-5-2-6-12-20/h1-6,9-12,21H,7-8,13-18H2,(H,26,28). The van der Waals surface area contributed by atoms with Crippen LogP contribution >= 0.6 is 0 Å². The van der Waals surface area contributed by atoms with Crippen molar-refractivity contribution in [1.82, 2.24) is 10.2 Å². The van der Waals surface area contributed by atoms with Gasteiger partial charge in [-0.25, -0.2) is 0 Å². The minimum Gasteiger partial charge on any atom is -0.355 e. The molecule has 5 nitrogen and oxygen atoms in total. The molecule has 0 radical (unpaired) electrons. The highest BCUT2D eigenvalue weighted by Gasteiger charge is 2.52. The molecule has 2 fully saturated rings. The van der Waals surface area contributed by atoms with E-state index in [0.29, 0.717) is 6.54 Å². The quantitative estimate of drug-likeness (QED) is 0.717. The zero-order valence-electron chi connectivity index (χ0n) is 17.2. The zero-order chi connectivity index (χ0) is 21.0. The molecule has 1 heterocycles. The van der Waals surface area contributed by atoms with Gasteiger partial charge in [-0.1, -0.05) is 73.5 Å². The normalized spacial score (nSPS) is 17.8. The monoisotopic (exact) mass is 404 g/mol. The molecule has 0 aromatic heterocycles. The molecule has 1 aliphatic heterocycles. The van der Waals surface area contributed by atoms with Crippen molar-refractivity contribution in [3.05, 3.63) is 71.8 Å². The van der Waals surface area contributed by atoms with Crippen molar-refractivity contribution in [2.75, 3.05) is 13.1 Å². The number of nitrogens with one attached hydrogen (secondary N) is 1. The fraction of sp³-hybridized carbons (Fsp3) is 0.400. The maximum absolute atomic E-state index is 12.8. The van der Waals surface area contributed by atoms with Crippen LogP contribution in [0.3, 0.4) is 0 Å². The van der Waals surface area contributed by atoms with E-state index >= 15 is 0 Å². The number of nitrogens with zero attached hydrogens (tertiary/aromatic N) is 1. The van der Waals surface area contributed by atoms with E-state index < -0.39 is 5.41 Å². The number of hydrogen-bond donors (Lipinski definition) is 1. The molecule has 0 unspecified atom stereocenters. The number of hydrogen-bond acceptors (Lipinski definition) is 3. The summed E-state index contributed by atoms with van der Waals surface area (Å²) >= 11 is 0. The van der Waals surface area contributed by atoms with Crippen LogP contribution in [0.15, 0.2) is 60.7 Å². The first-order valence-corrected chi connectivity index (χ1v) is 10.8. The number of carbonyl (C=O) groups is 3. The Bertz CT molecular complexity index is 865. The van der Waals surface area contributed by atoms with Gasteiger partial charge >= 0.3 is 0 Å². The van der Waals surface area contributed by atoms with Crippen molar-refractivity contribution < 1.29 is 14.4 Å². The molecule has 1 spiro atoms. The fourth-order valence-corrected chi connectivity index (χ4v) is 4.91. The van der Waals surface area contributed by atoms with E-state index in [0.717, 1.165) is 32.1 Å². The highest BCUT2D eigenvalue weighted by atomic mass is 16.2. The molecular formula is C25H28N2O3. The van der Waals surface area contributed by atoms with Crippen LogP contribution in [-0.2, 0) is 14.4 Å². The molecule has 2 aromatic rings. The Morgan fingerprint density at radius 3 is 2.07 bits per heavy atom. The molecule has 1 aliphatic carbocycles. The SMILES string of the molecule is O=C(CN1C(=O)CC2(CCCC2)C1=O)NCCC(c1ccccc1)c1ccccc1. The minimum absolute atomic E-state index is 0.147. The molecule has 1 N–H and O–H groups in total. The molecule has 0 bridgehead atoms. The smallest absolute Gasteiger partial charge is 0.240 e. The highest BCUT2D eigenvalue weighted by molar-refractivity contribution is 6.08. The average Bonchev–Trinajstić information content (AvgIpc) is 3.33. The maximum Gasteiger partial charge on any atom is 0.240 e. The topological polar surface area (TPSA) is 66.5 Å². The van der Waals surface area contributed by atoms with Gasteiger partial charge in [-0.15, -0.1) is 0 Å². The number of rotatable bonds is 7. The van der Waals surface area contributed by atoms with Crippen molar-refractivity contribution >= 4 is 17.7 Å². The summed E-state index contributed by atoms with van der Waals surface area (Å²) in [6.45, 7) is 0.315. The van der Waals surface area contributed by atoms with Crippen molar-refractivity contribution in [3.8, 4) is 0 Å². The molecule has 30 heavy (non-hydrogen) atoms. The van der Waals surface area contributed by atoms with Gasteiger partial charge in [-0.3, -0.25) is 19.3 Å². The van der Waals surface area contributed by atoms with E-state index in [-0.39, 0.29) is 36.6 Å². The van der Waals surface area contributed by atoms with Gasteiger partial charge < -0.3 is 5.32 Å². The van der Waals surface area contributed by atoms with Crippen LogP contribution in [0.2, 0.25) is 0 Å². The third kappa shape index (κ3) is 4.16. The number of likely N-dealkylation sites (tertiary alicyclic amines) is 1. The number of imide groups is 1. The van der Waals surface area contributed by atoms with Crippen LogP contribution in [0.25, 0.3) is 0 Å². The first-order chi connectivity index (χ1) is 14.6. The van der Waals surface area contributed by atoms with Crippen molar-refractivity contribution in [3.63, 3.8) is 0 Å². The molecule has 0 atom stereocenters. The number of benzene rings is 2. The van der Waals surface area contributed by atoms with E-state index in [4.69, 9.17) is 0 Å². The molecule has 5 heteroatoms. The van der Waals surface area contributed by atoms with Gasteiger partial charge in [0.1, 0.15) is 6.54 Å². The molecule has 2 aliphatic rings. The van der Waals surface area contributed by atoms with Crippen molar-refractivity contribution in [2.45, 2.75) is 44.4 Å². The van der Waals surface area contributed by atoms with E-state index in [9.17, 15) is 14.4 Å². The summed E-state index contributed by atoms with van der Waals surface area (Å²) in [6, 6.07) is 20.5. The Kier molecular flexibility index (Phi) is 5.98. The van der Waals surface area contributed by atoms with Gasteiger partial charge in [0, 0.05) is 18.9 Å². The van der Waals surface area contributed by atoms with E-state index in [1.165, 1.54) is 16.0 Å². The summed E-state index contributed by atoms with van der Waals surface area (Å²) in [5.41, 5.74) is 1.88. The number of carbonyl (C=O) groups excluding carboxylic acids is 3. The number of amides is 3. The molecule has 1 saturated carbocycles. The van der Waals surface area contributed by atoms with Gasteiger partial charge in [0.15, 0.2) is 0 Å². The van der Waals surface area contributed by atoms with E-state index in [1.807, 2.05) is 36.4 Å². The second-order valence-corrected chi connectivity index (χ2v) is 8.46. The summed E-state index contributed by atoms with van der Waals surface area (Å²) in [5.74, 6) is -0.453. The predicted molar refractivity (Wildman–Crippen MR) is 115 cm³/mol. The van der Waals surface area contributed by atoms with Crippen LogP contribution in [0.4, 0.5) is 0 Å². The summed E-state index contributed by atoms with van der Waals surface area (Å²) < 4.78 is 0. The maximum atomic E-state index is 12.8. The van der Waals surface area contributed by atoms with Crippen LogP contribution in [0.5, 0.6) is 0 Å². The van der Waals surface area contributed by atoms with E-state index in [1.54, 1.807) is 0 Å². The van der Waals surface area contributed by atoms with Gasteiger partial charge in [-0.2, -0.15) is 0 Å². The molecule has 3 amide bonds. The lowest BCUT2D eigenvalue weighted by molar-refractivity contribution is -0.144. The second-order valence-electron chi connectivity index (χ2n) is 8.46. The van der Waals surface area contributed by atoms with Crippen LogP contribution in [0, 0.1) is 5.41 Å². The minimum atomic E-state index is -0.525. The second kappa shape index (κ2) is 8.82. The Morgan fingerprint density at radius 2 is 1.50 bits per heavy atom. The summed E-state index contributed by atoms with van der Waals surface area (Å²) in [5, 5.41) is 2.91. The Labute approximate surface area is 177 Å². The van der Waals surface area contributed by atoms with Gasteiger partial charge in [0.2, 0.25) is 17.7 Å². The Hall–Kier alpha value is -2.95. The third-order valence-corrected chi connectivity index (χ3v) is 6.51. The lowest BCUT2D eigenvalue weighted by Crippen LogP contribution is -2.42. The Balaban J connectivity index is 1.35. The molecule has 156 valence electrons. The van der Waals surface area contributed by atoms with Crippen LogP contribution in [-0.4, -0.2) is 35.7 Å². The van der Waals surface area contributed by atoms with Gasteiger partial charge in [-0.05, 0) is 30.4 Å². The average molecular weight is 405 g/mol. The Morgan fingerprint density at radius 1 is 0.933 bits per heavy atom. The summed E-state index contributed by atoms with van der Waals surface area (Å²) in [4.78, 5) is 38.8. The lowest BCUT2D eigenvalue weighted by atomic mass is 9.84.